The summed E-state index contributed by atoms with van der Waals surface area (Å²) in [5.41, 5.74) is 1.91. The van der Waals surface area contributed by atoms with Crippen molar-refractivity contribution < 1.29 is 27.5 Å². The summed E-state index contributed by atoms with van der Waals surface area (Å²) in [6, 6.07) is 16.9. The maximum atomic E-state index is 14.1. The molecular weight excluding hydrogens is 566 g/mol. The highest BCUT2D eigenvalue weighted by Crippen LogP contribution is 2.32. The van der Waals surface area contributed by atoms with E-state index in [-0.39, 0.29) is 29.1 Å². The molecule has 1 atom stereocenters. The van der Waals surface area contributed by atoms with Crippen LogP contribution >= 0.6 is 11.6 Å². The second-order valence-corrected chi connectivity index (χ2v) is 12.2. The van der Waals surface area contributed by atoms with E-state index in [0.29, 0.717) is 22.0 Å². The van der Waals surface area contributed by atoms with Crippen molar-refractivity contribution in [2.75, 3.05) is 25.1 Å². The molecule has 9 nitrogen and oxygen atoms in total. The quantitative estimate of drug-likeness (QED) is 0.320. The Kier molecular flexibility index (Phi) is 10.6. The smallest absolute Gasteiger partial charge is 0.264 e. The average Bonchev–Trinajstić information content (AvgIpc) is 2.93. The van der Waals surface area contributed by atoms with Crippen molar-refractivity contribution in [2.24, 2.45) is 0 Å². The average molecular weight is 602 g/mol. The maximum Gasteiger partial charge on any atom is 0.264 e. The largest absolute Gasteiger partial charge is 0.493 e. The summed E-state index contributed by atoms with van der Waals surface area (Å²) in [6.45, 7) is 6.62. The third kappa shape index (κ3) is 7.92. The molecule has 0 spiro atoms. The first kappa shape index (κ1) is 31.8. The number of aryl methyl sites for hydroxylation is 1. The molecule has 0 aromatic heterocycles. The van der Waals surface area contributed by atoms with Gasteiger partial charge in [-0.2, -0.15) is 0 Å². The Hall–Kier alpha value is -3.76. The summed E-state index contributed by atoms with van der Waals surface area (Å²) >= 11 is 6.18. The molecular formula is C30H36ClN3O6S. The van der Waals surface area contributed by atoms with E-state index in [2.05, 4.69) is 5.32 Å². The molecule has 220 valence electrons. The number of carbonyl (C=O) groups excluding carboxylic acids is 2. The molecule has 0 fully saturated rings. The highest BCUT2D eigenvalue weighted by Gasteiger charge is 2.33. The van der Waals surface area contributed by atoms with Crippen molar-refractivity contribution in [1.82, 2.24) is 10.2 Å². The van der Waals surface area contributed by atoms with Crippen LogP contribution < -0.4 is 19.1 Å². The standard InChI is InChI=1S/C30H36ClN3O6S/c1-20(2)32-30(36)22(4)33(18-23-8-7-9-24(31)16-23)29(35)19-34(25-12-10-21(3)11-13-25)41(37,38)26-14-15-27(39-5)28(17-26)40-6/h7-17,20,22H,18-19H2,1-6H3,(H,32,36). The Morgan fingerprint density at radius 2 is 1.59 bits per heavy atom. The number of anilines is 1. The molecule has 0 heterocycles. The molecule has 3 rings (SSSR count). The summed E-state index contributed by atoms with van der Waals surface area (Å²) in [7, 11) is -1.41. The number of amides is 2. The normalized spacial score (nSPS) is 12.0. The van der Waals surface area contributed by atoms with Crippen molar-refractivity contribution in [3.05, 3.63) is 82.9 Å². The minimum Gasteiger partial charge on any atom is -0.493 e. The van der Waals surface area contributed by atoms with Crippen molar-refractivity contribution in [3.8, 4) is 11.5 Å². The SMILES string of the molecule is COc1ccc(S(=O)(=O)N(CC(=O)N(Cc2cccc(Cl)c2)C(C)C(=O)NC(C)C)c2ccc(C)cc2)cc1OC. The Morgan fingerprint density at radius 3 is 2.17 bits per heavy atom. The Bertz CT molecular complexity index is 1480. The Labute approximate surface area is 247 Å². The van der Waals surface area contributed by atoms with Gasteiger partial charge in [0, 0.05) is 23.7 Å². The predicted molar refractivity (Wildman–Crippen MR) is 160 cm³/mol. The number of rotatable bonds is 12. The van der Waals surface area contributed by atoms with Gasteiger partial charge in [0.2, 0.25) is 11.8 Å². The minimum atomic E-state index is -4.27. The molecule has 1 N–H and O–H groups in total. The first-order valence-electron chi connectivity index (χ1n) is 13.0. The van der Waals surface area contributed by atoms with Crippen LogP contribution in [-0.4, -0.2) is 58.0 Å². The van der Waals surface area contributed by atoms with Gasteiger partial charge in [0.1, 0.15) is 12.6 Å². The fraction of sp³-hybridized carbons (Fsp3) is 0.333. The fourth-order valence-corrected chi connectivity index (χ4v) is 5.81. The van der Waals surface area contributed by atoms with Gasteiger partial charge in [-0.15, -0.1) is 0 Å². The van der Waals surface area contributed by atoms with E-state index in [1.165, 1.54) is 37.3 Å². The van der Waals surface area contributed by atoms with Gasteiger partial charge in [0.15, 0.2) is 11.5 Å². The lowest BCUT2D eigenvalue weighted by Gasteiger charge is -2.32. The third-order valence-corrected chi connectivity index (χ3v) is 8.39. The van der Waals surface area contributed by atoms with Crippen molar-refractivity contribution in [2.45, 2.75) is 51.2 Å². The van der Waals surface area contributed by atoms with Gasteiger partial charge in [-0.25, -0.2) is 8.42 Å². The van der Waals surface area contributed by atoms with Gasteiger partial charge in [0.05, 0.1) is 24.8 Å². The van der Waals surface area contributed by atoms with Gasteiger partial charge >= 0.3 is 0 Å². The molecule has 0 aliphatic carbocycles. The second kappa shape index (κ2) is 13.7. The van der Waals surface area contributed by atoms with Crippen molar-refractivity contribution >= 4 is 39.1 Å². The Morgan fingerprint density at radius 1 is 0.927 bits per heavy atom. The number of hydrogen-bond acceptors (Lipinski definition) is 6. The van der Waals surface area contributed by atoms with Crippen LogP contribution in [0.5, 0.6) is 11.5 Å². The number of methoxy groups -OCH3 is 2. The van der Waals surface area contributed by atoms with Gasteiger partial charge in [0.25, 0.3) is 10.0 Å². The summed E-state index contributed by atoms with van der Waals surface area (Å²) in [4.78, 5) is 28.3. The van der Waals surface area contributed by atoms with E-state index in [1.54, 1.807) is 55.5 Å². The topological polar surface area (TPSA) is 105 Å². The van der Waals surface area contributed by atoms with Crippen LogP contribution in [0, 0.1) is 6.92 Å². The minimum absolute atomic E-state index is 0.0459. The molecule has 3 aromatic rings. The molecule has 0 saturated carbocycles. The zero-order valence-corrected chi connectivity index (χ0v) is 25.6. The van der Waals surface area contributed by atoms with Gasteiger partial charge in [-0.05, 0) is 69.7 Å². The van der Waals surface area contributed by atoms with Gasteiger partial charge in [-0.3, -0.25) is 13.9 Å². The van der Waals surface area contributed by atoms with Crippen LogP contribution in [0.2, 0.25) is 5.02 Å². The van der Waals surface area contributed by atoms with Crippen LogP contribution in [0.1, 0.15) is 31.9 Å². The number of nitrogens with zero attached hydrogens (tertiary/aromatic N) is 2. The lowest BCUT2D eigenvalue weighted by atomic mass is 10.1. The molecule has 0 aliphatic rings. The highest BCUT2D eigenvalue weighted by atomic mass is 35.5. The molecule has 0 bridgehead atoms. The van der Waals surface area contributed by atoms with E-state index in [4.69, 9.17) is 21.1 Å². The van der Waals surface area contributed by atoms with E-state index >= 15 is 0 Å². The van der Waals surface area contributed by atoms with Gasteiger partial charge in [-0.1, -0.05) is 41.4 Å². The third-order valence-electron chi connectivity index (χ3n) is 6.38. The van der Waals surface area contributed by atoms with Crippen LogP contribution in [0.3, 0.4) is 0 Å². The van der Waals surface area contributed by atoms with Crippen LogP contribution in [0.4, 0.5) is 5.69 Å². The first-order valence-corrected chi connectivity index (χ1v) is 14.8. The molecule has 11 heteroatoms. The molecule has 41 heavy (non-hydrogen) atoms. The number of nitrogens with one attached hydrogen (secondary N) is 1. The Balaban J connectivity index is 2.07. The van der Waals surface area contributed by atoms with Crippen LogP contribution in [0.15, 0.2) is 71.6 Å². The van der Waals surface area contributed by atoms with E-state index in [0.717, 1.165) is 9.87 Å². The van der Waals surface area contributed by atoms with Crippen molar-refractivity contribution in [3.63, 3.8) is 0 Å². The summed E-state index contributed by atoms with van der Waals surface area (Å²) in [5, 5.41) is 3.31. The highest BCUT2D eigenvalue weighted by molar-refractivity contribution is 7.92. The monoisotopic (exact) mass is 601 g/mol. The molecule has 0 aliphatic heterocycles. The molecule has 0 radical (unpaired) electrons. The predicted octanol–water partition coefficient (Wildman–Crippen LogP) is 4.80. The van der Waals surface area contributed by atoms with E-state index < -0.39 is 28.5 Å². The number of halogens is 1. The first-order chi connectivity index (χ1) is 19.4. The molecule has 0 saturated heterocycles. The summed E-state index contributed by atoms with van der Waals surface area (Å²) < 4.78 is 39.7. The van der Waals surface area contributed by atoms with Crippen LogP contribution in [-0.2, 0) is 26.2 Å². The number of benzene rings is 3. The maximum absolute atomic E-state index is 14.1. The number of carbonyl (C=O) groups is 2. The lowest BCUT2D eigenvalue weighted by molar-refractivity contribution is -0.139. The second-order valence-electron chi connectivity index (χ2n) is 9.85. The van der Waals surface area contributed by atoms with E-state index in [9.17, 15) is 18.0 Å². The fourth-order valence-electron chi connectivity index (χ4n) is 4.16. The van der Waals surface area contributed by atoms with Gasteiger partial charge < -0.3 is 19.7 Å². The number of sulfonamides is 1. The number of ether oxygens (including phenoxy) is 2. The van der Waals surface area contributed by atoms with Crippen molar-refractivity contribution in [1.29, 1.82) is 0 Å². The zero-order chi connectivity index (χ0) is 30.3. The molecule has 3 aromatic carbocycles. The summed E-state index contributed by atoms with van der Waals surface area (Å²) in [5.74, 6) is -0.339. The molecule has 1 unspecified atom stereocenters. The summed E-state index contributed by atoms with van der Waals surface area (Å²) in [6.07, 6.45) is 0. The number of hydrogen-bond donors (Lipinski definition) is 1. The lowest BCUT2D eigenvalue weighted by Crippen LogP contribution is -2.52. The zero-order valence-electron chi connectivity index (χ0n) is 24.0. The van der Waals surface area contributed by atoms with Crippen LogP contribution in [0.25, 0.3) is 0 Å². The van der Waals surface area contributed by atoms with E-state index in [1.807, 2.05) is 20.8 Å². The molecule has 2 amide bonds.